The minimum atomic E-state index is -0.115. The van der Waals surface area contributed by atoms with Crippen LogP contribution < -0.4 is 5.32 Å². The molecule has 1 aromatic heterocycles. The van der Waals surface area contributed by atoms with E-state index in [2.05, 4.69) is 10.3 Å². The van der Waals surface area contributed by atoms with Crippen LogP contribution in [0, 0.1) is 18.8 Å². The number of carbonyl (C=O) groups excluding carboxylic acids is 2. The third kappa shape index (κ3) is 5.70. The number of piperidine rings is 1. The van der Waals surface area contributed by atoms with Gasteiger partial charge in [0.15, 0.2) is 5.58 Å². The van der Waals surface area contributed by atoms with E-state index in [-0.39, 0.29) is 23.7 Å². The van der Waals surface area contributed by atoms with Crippen LogP contribution in [0.3, 0.4) is 0 Å². The van der Waals surface area contributed by atoms with E-state index >= 15 is 0 Å². The van der Waals surface area contributed by atoms with Crippen LogP contribution in [0.2, 0.25) is 5.02 Å². The number of amides is 2. The molecule has 5 rings (SSSR count). The maximum absolute atomic E-state index is 13.2. The third-order valence-electron chi connectivity index (χ3n) is 7.26. The van der Waals surface area contributed by atoms with Gasteiger partial charge in [-0.25, -0.2) is 4.98 Å². The lowest BCUT2D eigenvalue weighted by molar-refractivity contribution is -0.126. The van der Waals surface area contributed by atoms with Crippen LogP contribution in [0.4, 0.5) is 0 Å². The van der Waals surface area contributed by atoms with Crippen molar-refractivity contribution in [2.75, 3.05) is 13.1 Å². The molecule has 2 heterocycles. The minimum absolute atomic E-state index is 0.0138. The molecule has 4 aromatic rings. The van der Waals surface area contributed by atoms with Crippen LogP contribution in [0.15, 0.2) is 71.1 Å². The number of nitrogens with zero attached hydrogens (tertiary/aromatic N) is 2. The average molecular weight is 516 g/mol. The smallest absolute Gasteiger partial charge is 0.253 e. The number of hydrogen-bond donors (Lipinski definition) is 1. The SMILES string of the molecule is Cc1ccc(-c2nc3cc(C(=O)N4CCC(C(C)C(=O)NCc5ccc(Cl)cc5)CC4)ccc3o2)cc1. The van der Waals surface area contributed by atoms with Crippen molar-refractivity contribution in [1.82, 2.24) is 15.2 Å². The number of hydrogen-bond acceptors (Lipinski definition) is 4. The normalized spacial score (nSPS) is 15.1. The molecule has 1 atom stereocenters. The topological polar surface area (TPSA) is 75.4 Å². The lowest BCUT2D eigenvalue weighted by Crippen LogP contribution is -2.42. The second kappa shape index (κ2) is 10.8. The number of nitrogens with one attached hydrogen (secondary N) is 1. The molecule has 0 aliphatic carbocycles. The zero-order valence-corrected chi connectivity index (χ0v) is 21.8. The first-order valence-electron chi connectivity index (χ1n) is 12.7. The van der Waals surface area contributed by atoms with Crippen molar-refractivity contribution >= 4 is 34.5 Å². The Kier molecular flexibility index (Phi) is 7.28. The maximum Gasteiger partial charge on any atom is 0.253 e. The predicted molar refractivity (Wildman–Crippen MR) is 145 cm³/mol. The highest BCUT2D eigenvalue weighted by atomic mass is 35.5. The number of halogens is 1. The molecule has 1 aliphatic rings. The van der Waals surface area contributed by atoms with Gasteiger partial charge in [-0.3, -0.25) is 9.59 Å². The summed E-state index contributed by atoms with van der Waals surface area (Å²) in [5, 5.41) is 3.71. The first-order chi connectivity index (χ1) is 17.9. The van der Waals surface area contributed by atoms with Crippen molar-refractivity contribution in [1.29, 1.82) is 0 Å². The number of carbonyl (C=O) groups is 2. The van der Waals surface area contributed by atoms with Crippen molar-refractivity contribution in [3.8, 4) is 11.5 Å². The molecule has 190 valence electrons. The van der Waals surface area contributed by atoms with Crippen molar-refractivity contribution in [2.45, 2.75) is 33.2 Å². The molecule has 1 fully saturated rings. The van der Waals surface area contributed by atoms with E-state index in [1.54, 1.807) is 12.1 Å². The number of oxazole rings is 1. The number of aryl methyl sites for hydroxylation is 1. The Morgan fingerprint density at radius 2 is 1.76 bits per heavy atom. The van der Waals surface area contributed by atoms with E-state index in [0.29, 0.717) is 47.2 Å². The van der Waals surface area contributed by atoms with E-state index in [9.17, 15) is 9.59 Å². The maximum atomic E-state index is 13.2. The van der Waals surface area contributed by atoms with E-state index in [1.165, 1.54) is 5.56 Å². The first kappa shape index (κ1) is 25.0. The van der Waals surface area contributed by atoms with Crippen molar-refractivity contribution < 1.29 is 14.0 Å². The number of benzene rings is 3. The van der Waals surface area contributed by atoms with Crippen molar-refractivity contribution in [2.24, 2.45) is 11.8 Å². The third-order valence-corrected chi connectivity index (χ3v) is 7.51. The Morgan fingerprint density at radius 3 is 2.46 bits per heavy atom. The summed E-state index contributed by atoms with van der Waals surface area (Å²) >= 11 is 5.93. The van der Waals surface area contributed by atoms with Gasteiger partial charge in [0, 0.05) is 41.7 Å². The summed E-state index contributed by atoms with van der Waals surface area (Å²) in [5.74, 6) is 0.699. The van der Waals surface area contributed by atoms with Crippen molar-refractivity contribution in [3.05, 3.63) is 88.4 Å². The number of likely N-dealkylation sites (tertiary alicyclic amines) is 1. The van der Waals surface area contributed by atoms with Crippen LogP contribution in [0.1, 0.15) is 41.3 Å². The van der Waals surface area contributed by atoms with Gasteiger partial charge in [0.05, 0.1) is 0 Å². The lowest BCUT2D eigenvalue weighted by atomic mass is 9.84. The summed E-state index contributed by atoms with van der Waals surface area (Å²) in [5.41, 5.74) is 5.02. The summed E-state index contributed by atoms with van der Waals surface area (Å²) in [6, 6.07) is 20.9. The highest BCUT2D eigenvalue weighted by Gasteiger charge is 2.30. The Labute approximate surface area is 221 Å². The fourth-order valence-corrected chi connectivity index (χ4v) is 4.96. The quantitative estimate of drug-likeness (QED) is 0.329. The zero-order valence-electron chi connectivity index (χ0n) is 21.0. The molecule has 1 aliphatic heterocycles. The number of rotatable bonds is 6. The summed E-state index contributed by atoms with van der Waals surface area (Å²) in [6.45, 7) is 5.75. The van der Waals surface area contributed by atoms with Gasteiger partial charge in [0.25, 0.3) is 5.91 Å². The largest absolute Gasteiger partial charge is 0.436 e. The summed E-state index contributed by atoms with van der Waals surface area (Å²) < 4.78 is 5.91. The van der Waals surface area contributed by atoms with E-state index in [1.807, 2.05) is 73.3 Å². The molecule has 0 radical (unpaired) electrons. The van der Waals surface area contributed by atoms with Crippen LogP contribution >= 0.6 is 11.6 Å². The molecule has 1 unspecified atom stereocenters. The van der Waals surface area contributed by atoms with E-state index < -0.39 is 0 Å². The average Bonchev–Trinajstić information content (AvgIpc) is 3.36. The highest BCUT2D eigenvalue weighted by molar-refractivity contribution is 6.30. The second-order valence-corrected chi connectivity index (χ2v) is 10.3. The molecule has 6 nitrogen and oxygen atoms in total. The minimum Gasteiger partial charge on any atom is -0.436 e. The van der Waals surface area contributed by atoms with Gasteiger partial charge in [0.1, 0.15) is 5.52 Å². The zero-order chi connectivity index (χ0) is 25.9. The molecule has 2 amide bonds. The summed E-state index contributed by atoms with van der Waals surface area (Å²) in [7, 11) is 0. The monoisotopic (exact) mass is 515 g/mol. The van der Waals surface area contributed by atoms with Crippen molar-refractivity contribution in [3.63, 3.8) is 0 Å². The fourth-order valence-electron chi connectivity index (χ4n) is 4.83. The molecule has 7 heteroatoms. The van der Waals surface area contributed by atoms with Crippen LogP contribution in [0.5, 0.6) is 0 Å². The van der Waals surface area contributed by atoms with Crippen LogP contribution in [-0.4, -0.2) is 34.8 Å². The first-order valence-corrected chi connectivity index (χ1v) is 13.0. The molecule has 3 aromatic carbocycles. The molecule has 37 heavy (non-hydrogen) atoms. The highest BCUT2D eigenvalue weighted by Crippen LogP contribution is 2.28. The molecular weight excluding hydrogens is 486 g/mol. The van der Waals surface area contributed by atoms with E-state index in [0.717, 1.165) is 24.0 Å². The van der Waals surface area contributed by atoms with Gasteiger partial charge >= 0.3 is 0 Å². The Bertz CT molecular complexity index is 1400. The van der Waals surface area contributed by atoms with E-state index in [4.69, 9.17) is 16.0 Å². The lowest BCUT2D eigenvalue weighted by Gasteiger charge is -2.34. The molecule has 1 N–H and O–H groups in total. The molecule has 0 bridgehead atoms. The van der Waals surface area contributed by atoms with Gasteiger partial charge in [-0.2, -0.15) is 0 Å². The van der Waals surface area contributed by atoms with Gasteiger partial charge in [0.2, 0.25) is 11.8 Å². The summed E-state index contributed by atoms with van der Waals surface area (Å²) in [6.07, 6.45) is 1.59. The van der Waals surface area contributed by atoms with Crippen LogP contribution in [-0.2, 0) is 11.3 Å². The number of aromatic nitrogens is 1. The number of fused-ring (bicyclic) bond motifs is 1. The molecule has 0 spiro atoms. The molecular formula is C30H30ClN3O3. The molecule has 1 saturated heterocycles. The Hall–Kier alpha value is -3.64. The van der Waals surface area contributed by atoms with Crippen LogP contribution in [0.25, 0.3) is 22.6 Å². The van der Waals surface area contributed by atoms with Gasteiger partial charge < -0.3 is 14.6 Å². The predicted octanol–water partition coefficient (Wildman–Crippen LogP) is 6.26. The molecule has 0 saturated carbocycles. The van der Waals surface area contributed by atoms with Gasteiger partial charge in [-0.1, -0.05) is 48.4 Å². The second-order valence-electron chi connectivity index (χ2n) is 9.83. The van der Waals surface area contributed by atoms with Gasteiger partial charge in [-0.05, 0) is 73.7 Å². The standard InChI is InChI=1S/C30H30ClN3O3/c1-19-3-7-23(8-4-19)29-33-26-17-24(9-12-27(26)37-29)30(36)34-15-13-22(14-16-34)20(2)28(35)32-18-21-5-10-25(31)11-6-21/h3-12,17,20,22H,13-16,18H2,1-2H3,(H,32,35). The Morgan fingerprint density at radius 1 is 1.05 bits per heavy atom. The van der Waals surface area contributed by atoms with Gasteiger partial charge in [-0.15, -0.1) is 0 Å². The Balaban J connectivity index is 1.17. The fraction of sp³-hybridized carbons (Fsp3) is 0.300. The summed E-state index contributed by atoms with van der Waals surface area (Å²) in [4.78, 5) is 32.4.